The number of fused-ring (bicyclic) bond motifs is 1. The van der Waals surface area contributed by atoms with Crippen molar-refractivity contribution in [2.75, 3.05) is 13.2 Å². The second-order valence-electron chi connectivity index (χ2n) is 5.74. The monoisotopic (exact) mass is 303 g/mol. The van der Waals surface area contributed by atoms with Gasteiger partial charge in [0.05, 0.1) is 29.2 Å². The first-order valence-electron chi connectivity index (χ1n) is 6.94. The molecule has 0 N–H and O–H groups in total. The summed E-state index contributed by atoms with van der Waals surface area (Å²) in [4.78, 5) is 15.0. The van der Waals surface area contributed by atoms with Gasteiger partial charge in [0.1, 0.15) is 5.82 Å². The molecule has 1 aliphatic heterocycles. The van der Waals surface area contributed by atoms with Crippen molar-refractivity contribution >= 4 is 22.8 Å². The minimum atomic E-state index is -0.565. The second-order valence-corrected chi connectivity index (χ2v) is 5.74. The van der Waals surface area contributed by atoms with Gasteiger partial charge in [-0.1, -0.05) is 0 Å². The van der Waals surface area contributed by atoms with Crippen LogP contribution in [0.15, 0.2) is 23.8 Å². The molecule has 1 fully saturated rings. The fourth-order valence-corrected chi connectivity index (χ4v) is 2.32. The maximum atomic E-state index is 10.9. The molecule has 1 aliphatic rings. The van der Waals surface area contributed by atoms with Crippen LogP contribution in [0.25, 0.3) is 17.1 Å². The summed E-state index contributed by atoms with van der Waals surface area (Å²) in [5, 5.41) is 10.9. The van der Waals surface area contributed by atoms with Gasteiger partial charge in [-0.05, 0) is 31.6 Å². The molecule has 0 aliphatic carbocycles. The Kier molecular flexibility index (Phi) is 3.46. The van der Waals surface area contributed by atoms with Gasteiger partial charge in [0.25, 0.3) is 5.69 Å². The lowest BCUT2D eigenvalue weighted by Gasteiger charge is -2.31. The minimum absolute atomic E-state index is 0.0563. The van der Waals surface area contributed by atoms with Crippen LogP contribution in [0.3, 0.4) is 0 Å². The molecule has 116 valence electrons. The van der Waals surface area contributed by atoms with Crippen molar-refractivity contribution < 1.29 is 14.4 Å². The maximum Gasteiger partial charge on any atom is 0.271 e. The van der Waals surface area contributed by atoms with Crippen molar-refractivity contribution in [3.63, 3.8) is 0 Å². The van der Waals surface area contributed by atoms with E-state index >= 15 is 0 Å². The van der Waals surface area contributed by atoms with Crippen molar-refractivity contribution in [1.82, 2.24) is 9.55 Å². The number of hydrogen-bond acceptors (Lipinski definition) is 5. The van der Waals surface area contributed by atoms with Crippen LogP contribution in [0.1, 0.15) is 19.7 Å². The van der Waals surface area contributed by atoms with Gasteiger partial charge in [-0.2, -0.15) is 0 Å². The van der Waals surface area contributed by atoms with Gasteiger partial charge in [-0.25, -0.2) is 4.98 Å². The Morgan fingerprint density at radius 2 is 2.05 bits per heavy atom. The molecular formula is C15H17N3O4. The van der Waals surface area contributed by atoms with Crippen LogP contribution in [0.2, 0.25) is 0 Å². The highest BCUT2D eigenvalue weighted by Gasteiger charge is 2.25. The van der Waals surface area contributed by atoms with E-state index in [0.29, 0.717) is 13.2 Å². The number of nitro benzene ring substituents is 1. The Morgan fingerprint density at radius 3 is 2.68 bits per heavy atom. The summed E-state index contributed by atoms with van der Waals surface area (Å²) in [6.45, 7) is 4.71. The lowest BCUT2D eigenvalue weighted by molar-refractivity contribution is -0.384. The zero-order chi connectivity index (χ0) is 15.9. The Labute approximate surface area is 127 Å². The Bertz CT molecular complexity index is 764. The molecule has 0 saturated carbocycles. The molecule has 0 unspecified atom stereocenters. The van der Waals surface area contributed by atoms with Crippen LogP contribution in [-0.4, -0.2) is 33.5 Å². The molecule has 0 spiro atoms. The maximum absolute atomic E-state index is 10.9. The average molecular weight is 303 g/mol. The molecule has 1 saturated heterocycles. The molecular weight excluding hydrogens is 286 g/mol. The third-order valence-electron chi connectivity index (χ3n) is 3.65. The molecule has 1 aromatic heterocycles. The van der Waals surface area contributed by atoms with E-state index in [0.717, 1.165) is 22.4 Å². The van der Waals surface area contributed by atoms with Crippen LogP contribution in [0.4, 0.5) is 5.69 Å². The van der Waals surface area contributed by atoms with E-state index in [-0.39, 0.29) is 5.69 Å². The van der Waals surface area contributed by atoms with E-state index in [2.05, 4.69) is 4.98 Å². The summed E-state index contributed by atoms with van der Waals surface area (Å²) in [7, 11) is 1.83. The van der Waals surface area contributed by atoms with Crippen LogP contribution >= 0.6 is 0 Å². The van der Waals surface area contributed by atoms with Gasteiger partial charge in [-0.15, -0.1) is 0 Å². The molecule has 0 bridgehead atoms. The van der Waals surface area contributed by atoms with Gasteiger partial charge in [-0.3, -0.25) is 10.1 Å². The SMILES string of the molecule is Cn1c(C=C2COC(C)(C)OC2)nc2ccc([N+](=O)[O-])cc21. The lowest BCUT2D eigenvalue weighted by atomic mass is 10.2. The van der Waals surface area contributed by atoms with E-state index in [1.165, 1.54) is 12.1 Å². The molecule has 7 nitrogen and oxygen atoms in total. The fourth-order valence-electron chi connectivity index (χ4n) is 2.32. The molecule has 1 aromatic carbocycles. The van der Waals surface area contributed by atoms with Crippen molar-refractivity contribution in [3.8, 4) is 0 Å². The van der Waals surface area contributed by atoms with Crippen LogP contribution < -0.4 is 0 Å². The van der Waals surface area contributed by atoms with Gasteiger partial charge in [0.15, 0.2) is 5.79 Å². The summed E-state index contributed by atoms with van der Waals surface area (Å²) < 4.78 is 13.0. The molecule has 0 radical (unpaired) electrons. The number of nitro groups is 1. The lowest BCUT2D eigenvalue weighted by Crippen LogP contribution is -2.35. The predicted molar refractivity (Wildman–Crippen MR) is 81.3 cm³/mol. The molecule has 0 amide bonds. The van der Waals surface area contributed by atoms with Crippen LogP contribution in [-0.2, 0) is 16.5 Å². The number of non-ortho nitro benzene ring substituents is 1. The van der Waals surface area contributed by atoms with E-state index in [1.807, 2.05) is 31.5 Å². The summed E-state index contributed by atoms with van der Waals surface area (Å²) >= 11 is 0. The number of hydrogen-bond donors (Lipinski definition) is 0. The molecule has 7 heteroatoms. The first kappa shape index (κ1) is 14.7. The fraction of sp³-hybridized carbons (Fsp3) is 0.400. The third kappa shape index (κ3) is 2.72. The standard InChI is InChI=1S/C15H17N3O4/c1-15(2)21-8-10(9-22-15)6-14-16-12-5-4-11(18(19)20)7-13(12)17(14)3/h4-7H,8-9H2,1-3H3. The number of rotatable bonds is 2. The molecule has 0 atom stereocenters. The summed E-state index contributed by atoms with van der Waals surface area (Å²) in [5.74, 6) is 0.155. The van der Waals surface area contributed by atoms with Crippen molar-refractivity contribution in [1.29, 1.82) is 0 Å². The third-order valence-corrected chi connectivity index (χ3v) is 3.65. The summed E-state index contributed by atoms with van der Waals surface area (Å²) in [5.41, 5.74) is 2.48. The highest BCUT2D eigenvalue weighted by Crippen LogP contribution is 2.24. The number of ether oxygens (including phenoxy) is 2. The Hall–Kier alpha value is -2.25. The van der Waals surface area contributed by atoms with Crippen molar-refractivity contribution in [2.24, 2.45) is 7.05 Å². The highest BCUT2D eigenvalue weighted by atomic mass is 16.7. The minimum Gasteiger partial charge on any atom is -0.346 e. The van der Waals surface area contributed by atoms with Crippen molar-refractivity contribution in [2.45, 2.75) is 19.6 Å². The highest BCUT2D eigenvalue weighted by molar-refractivity contribution is 5.80. The van der Waals surface area contributed by atoms with E-state index < -0.39 is 10.7 Å². The number of imidazole rings is 1. The zero-order valence-electron chi connectivity index (χ0n) is 12.7. The Morgan fingerprint density at radius 1 is 1.36 bits per heavy atom. The molecule has 3 rings (SSSR count). The first-order chi connectivity index (χ1) is 10.4. The van der Waals surface area contributed by atoms with Crippen molar-refractivity contribution in [3.05, 3.63) is 39.7 Å². The van der Waals surface area contributed by atoms with E-state index in [9.17, 15) is 10.1 Å². The summed E-state index contributed by atoms with van der Waals surface area (Å²) in [6, 6.07) is 4.65. The quantitative estimate of drug-likeness (QED) is 0.629. The zero-order valence-corrected chi connectivity index (χ0v) is 12.7. The number of aromatic nitrogens is 2. The average Bonchev–Trinajstić information content (AvgIpc) is 2.77. The van der Waals surface area contributed by atoms with Gasteiger partial charge < -0.3 is 14.0 Å². The number of benzene rings is 1. The predicted octanol–water partition coefficient (Wildman–Crippen LogP) is 2.65. The molecule has 2 aromatic rings. The molecule has 22 heavy (non-hydrogen) atoms. The second kappa shape index (κ2) is 5.19. The number of nitrogens with zero attached hydrogens (tertiary/aromatic N) is 3. The normalized spacial score (nSPS) is 17.7. The van der Waals surface area contributed by atoms with E-state index in [4.69, 9.17) is 9.47 Å². The number of aryl methyl sites for hydroxylation is 1. The van der Waals surface area contributed by atoms with Gasteiger partial charge in [0.2, 0.25) is 0 Å². The summed E-state index contributed by atoms with van der Waals surface area (Å²) in [6.07, 6.45) is 1.90. The van der Waals surface area contributed by atoms with Gasteiger partial charge >= 0.3 is 0 Å². The van der Waals surface area contributed by atoms with Gasteiger partial charge in [0, 0.05) is 19.2 Å². The Balaban J connectivity index is 1.95. The smallest absolute Gasteiger partial charge is 0.271 e. The largest absolute Gasteiger partial charge is 0.346 e. The topological polar surface area (TPSA) is 79.4 Å². The van der Waals surface area contributed by atoms with E-state index in [1.54, 1.807) is 6.07 Å². The van der Waals surface area contributed by atoms with Crippen LogP contribution in [0.5, 0.6) is 0 Å². The van der Waals surface area contributed by atoms with Crippen LogP contribution in [0, 0.1) is 10.1 Å². The first-order valence-corrected chi connectivity index (χ1v) is 6.94. The molecule has 2 heterocycles.